The molecule has 1 aromatic carbocycles. The summed E-state index contributed by atoms with van der Waals surface area (Å²) < 4.78 is 5.45. The topological polar surface area (TPSA) is 85.5 Å². The number of aromatic nitrogens is 1. The van der Waals surface area contributed by atoms with Crippen molar-refractivity contribution in [3.63, 3.8) is 0 Å². The molecule has 2 aromatic rings. The number of aromatic hydroxyl groups is 1. The molecule has 0 aliphatic carbocycles. The smallest absolute Gasteiger partial charge is 0.287 e. The zero-order valence-electron chi connectivity index (χ0n) is 9.53. The quantitative estimate of drug-likeness (QED) is 0.664. The second-order valence-electron chi connectivity index (χ2n) is 3.66. The van der Waals surface area contributed by atoms with E-state index < -0.39 is 4.92 Å². The normalized spacial score (nSPS) is 10.1. The molecular weight excluding hydrogens is 236 g/mol. The number of hydrogen-bond acceptors (Lipinski definition) is 5. The predicted octanol–water partition coefficient (Wildman–Crippen LogP) is 2.80. The summed E-state index contributed by atoms with van der Waals surface area (Å²) in [6, 6.07) is 7.39. The summed E-state index contributed by atoms with van der Waals surface area (Å²) in [5, 5.41) is 19.7. The first-order valence-corrected chi connectivity index (χ1v) is 5.14. The van der Waals surface area contributed by atoms with E-state index in [1.807, 2.05) is 0 Å². The van der Waals surface area contributed by atoms with Crippen LogP contribution in [0.3, 0.4) is 0 Å². The van der Waals surface area contributed by atoms with Crippen LogP contribution in [0, 0.1) is 17.0 Å². The van der Waals surface area contributed by atoms with Gasteiger partial charge in [-0.2, -0.15) is 0 Å². The molecule has 0 aliphatic rings. The maximum Gasteiger partial charge on any atom is 0.287 e. The van der Waals surface area contributed by atoms with Crippen LogP contribution in [0.2, 0.25) is 0 Å². The molecule has 0 spiro atoms. The lowest BCUT2D eigenvalue weighted by Crippen LogP contribution is -1.92. The highest BCUT2D eigenvalue weighted by Gasteiger charge is 2.07. The molecule has 0 bridgehead atoms. The summed E-state index contributed by atoms with van der Waals surface area (Å²) in [5.41, 5.74) is 0.653. The summed E-state index contributed by atoms with van der Waals surface area (Å²) in [6.45, 7) is 1.78. The van der Waals surface area contributed by atoms with Crippen LogP contribution < -0.4 is 4.74 Å². The molecule has 0 saturated carbocycles. The number of ether oxygens (including phenoxy) is 1. The minimum absolute atomic E-state index is 0.0928. The monoisotopic (exact) mass is 246 g/mol. The van der Waals surface area contributed by atoms with Crippen LogP contribution in [0.15, 0.2) is 36.5 Å². The third kappa shape index (κ3) is 2.54. The number of hydrogen-bond donors (Lipinski definition) is 1. The van der Waals surface area contributed by atoms with Crippen LogP contribution in [0.5, 0.6) is 17.4 Å². The summed E-state index contributed by atoms with van der Waals surface area (Å²) in [7, 11) is 0. The van der Waals surface area contributed by atoms with E-state index >= 15 is 0 Å². The molecule has 0 aliphatic heterocycles. The average Bonchev–Trinajstić information content (AvgIpc) is 2.33. The number of rotatable bonds is 3. The number of phenolic OH excluding ortho intramolecular Hbond substituents is 1. The maximum absolute atomic E-state index is 10.5. The number of benzene rings is 1. The Morgan fingerprint density at radius 3 is 2.67 bits per heavy atom. The fraction of sp³-hybridized carbons (Fsp3) is 0.0833. The predicted molar refractivity (Wildman–Crippen MR) is 63.8 cm³/mol. The number of pyridine rings is 1. The van der Waals surface area contributed by atoms with Crippen LogP contribution in [0.4, 0.5) is 5.69 Å². The molecule has 1 heterocycles. The molecule has 2 rings (SSSR count). The molecule has 92 valence electrons. The molecule has 0 saturated heterocycles. The molecule has 0 amide bonds. The first-order valence-electron chi connectivity index (χ1n) is 5.14. The Hall–Kier alpha value is -2.63. The van der Waals surface area contributed by atoms with Gasteiger partial charge in [0.1, 0.15) is 17.7 Å². The minimum atomic E-state index is -0.525. The van der Waals surface area contributed by atoms with Gasteiger partial charge < -0.3 is 9.84 Å². The van der Waals surface area contributed by atoms with Crippen molar-refractivity contribution in [2.75, 3.05) is 0 Å². The Balaban J connectivity index is 2.21. The molecule has 0 atom stereocenters. The Labute approximate surface area is 103 Å². The van der Waals surface area contributed by atoms with Crippen LogP contribution in [-0.2, 0) is 0 Å². The SMILES string of the molecule is Cc1cc(O)ccc1Oc1ccc([N+](=O)[O-])cn1. The second kappa shape index (κ2) is 4.70. The van der Waals surface area contributed by atoms with Crippen LogP contribution in [-0.4, -0.2) is 15.0 Å². The fourth-order valence-corrected chi connectivity index (χ4v) is 1.40. The van der Waals surface area contributed by atoms with Crippen molar-refractivity contribution in [3.05, 3.63) is 52.2 Å². The number of nitrogens with zero attached hydrogens (tertiary/aromatic N) is 2. The molecule has 0 radical (unpaired) electrons. The first-order chi connectivity index (χ1) is 8.56. The van der Waals surface area contributed by atoms with Gasteiger partial charge in [0.25, 0.3) is 5.69 Å². The average molecular weight is 246 g/mol. The highest BCUT2D eigenvalue weighted by Crippen LogP contribution is 2.27. The van der Waals surface area contributed by atoms with Crippen LogP contribution in [0.25, 0.3) is 0 Å². The van der Waals surface area contributed by atoms with Crippen molar-refractivity contribution in [1.82, 2.24) is 4.98 Å². The summed E-state index contributed by atoms with van der Waals surface area (Å²) in [4.78, 5) is 13.8. The van der Waals surface area contributed by atoms with E-state index in [0.717, 1.165) is 11.8 Å². The number of phenols is 1. The third-order valence-electron chi connectivity index (χ3n) is 2.30. The molecule has 1 N–H and O–H groups in total. The van der Waals surface area contributed by atoms with Gasteiger partial charge >= 0.3 is 0 Å². The lowest BCUT2D eigenvalue weighted by molar-refractivity contribution is -0.385. The maximum atomic E-state index is 10.5. The van der Waals surface area contributed by atoms with E-state index in [-0.39, 0.29) is 17.3 Å². The van der Waals surface area contributed by atoms with Gasteiger partial charge in [-0.3, -0.25) is 10.1 Å². The van der Waals surface area contributed by atoms with E-state index in [0.29, 0.717) is 5.75 Å². The van der Waals surface area contributed by atoms with Crippen molar-refractivity contribution < 1.29 is 14.8 Å². The zero-order valence-corrected chi connectivity index (χ0v) is 9.53. The fourth-order valence-electron chi connectivity index (χ4n) is 1.40. The van der Waals surface area contributed by atoms with Gasteiger partial charge in [0.05, 0.1) is 4.92 Å². The van der Waals surface area contributed by atoms with Crippen molar-refractivity contribution in [2.24, 2.45) is 0 Å². The van der Waals surface area contributed by atoms with Gasteiger partial charge in [-0.05, 0) is 30.7 Å². The van der Waals surface area contributed by atoms with E-state index in [2.05, 4.69) is 4.98 Å². The molecule has 18 heavy (non-hydrogen) atoms. The Morgan fingerprint density at radius 1 is 1.33 bits per heavy atom. The highest BCUT2D eigenvalue weighted by atomic mass is 16.6. The molecule has 6 nitrogen and oxygen atoms in total. The van der Waals surface area contributed by atoms with Gasteiger partial charge in [-0.15, -0.1) is 0 Å². The molecule has 1 aromatic heterocycles. The first kappa shape index (κ1) is 11.8. The zero-order chi connectivity index (χ0) is 13.1. The molecule has 0 fully saturated rings. The third-order valence-corrected chi connectivity index (χ3v) is 2.30. The Bertz CT molecular complexity index is 581. The summed E-state index contributed by atoms with van der Waals surface area (Å²) >= 11 is 0. The van der Waals surface area contributed by atoms with Gasteiger partial charge in [-0.1, -0.05) is 0 Å². The van der Waals surface area contributed by atoms with Gasteiger partial charge in [0.15, 0.2) is 0 Å². The Morgan fingerprint density at radius 2 is 2.11 bits per heavy atom. The number of nitro groups is 1. The highest BCUT2D eigenvalue weighted by molar-refractivity contribution is 5.41. The van der Waals surface area contributed by atoms with Gasteiger partial charge in [0, 0.05) is 12.1 Å². The largest absolute Gasteiger partial charge is 0.508 e. The lowest BCUT2D eigenvalue weighted by atomic mass is 10.2. The number of aryl methyl sites for hydroxylation is 1. The van der Waals surface area contributed by atoms with E-state index in [4.69, 9.17) is 4.74 Å². The second-order valence-corrected chi connectivity index (χ2v) is 3.66. The van der Waals surface area contributed by atoms with Crippen molar-refractivity contribution >= 4 is 5.69 Å². The van der Waals surface area contributed by atoms with Crippen LogP contribution >= 0.6 is 0 Å². The van der Waals surface area contributed by atoms with Crippen molar-refractivity contribution in [3.8, 4) is 17.4 Å². The minimum Gasteiger partial charge on any atom is -0.508 e. The Kier molecular flexibility index (Phi) is 3.09. The van der Waals surface area contributed by atoms with E-state index in [1.54, 1.807) is 19.1 Å². The summed E-state index contributed by atoms with van der Waals surface area (Å²) in [6.07, 6.45) is 1.13. The lowest BCUT2D eigenvalue weighted by Gasteiger charge is -2.07. The molecule has 6 heteroatoms. The van der Waals surface area contributed by atoms with Gasteiger partial charge in [0.2, 0.25) is 5.88 Å². The van der Waals surface area contributed by atoms with Crippen molar-refractivity contribution in [1.29, 1.82) is 0 Å². The molecular formula is C12H10N2O4. The standard InChI is InChI=1S/C12H10N2O4/c1-8-6-10(15)3-4-11(8)18-12-5-2-9(7-13-12)14(16)17/h2-7,15H,1H3. The molecule has 0 unspecified atom stereocenters. The van der Waals surface area contributed by atoms with Crippen LogP contribution in [0.1, 0.15) is 5.56 Å². The van der Waals surface area contributed by atoms with Crippen molar-refractivity contribution in [2.45, 2.75) is 6.92 Å². The van der Waals surface area contributed by atoms with E-state index in [9.17, 15) is 15.2 Å². The summed E-state index contributed by atoms with van der Waals surface area (Å²) in [5.74, 6) is 0.944. The van der Waals surface area contributed by atoms with Gasteiger partial charge in [-0.25, -0.2) is 4.98 Å². The van der Waals surface area contributed by atoms with E-state index in [1.165, 1.54) is 18.2 Å².